The van der Waals surface area contributed by atoms with Crippen LogP contribution in [0.25, 0.3) is 0 Å². The average molecular weight is 347 g/mol. The van der Waals surface area contributed by atoms with Crippen molar-refractivity contribution in [1.82, 2.24) is 9.88 Å². The summed E-state index contributed by atoms with van der Waals surface area (Å²) in [7, 11) is 0. The highest BCUT2D eigenvalue weighted by Gasteiger charge is 2.46. The van der Waals surface area contributed by atoms with Crippen LogP contribution in [0.15, 0.2) is 12.2 Å². The monoisotopic (exact) mass is 347 g/mol. The van der Waals surface area contributed by atoms with Crippen molar-refractivity contribution in [2.24, 2.45) is 11.8 Å². The second-order valence-corrected chi connectivity index (χ2v) is 7.50. The average Bonchev–Trinajstić information content (AvgIpc) is 2.99. The second-order valence-electron chi connectivity index (χ2n) is 6.30. The Labute approximate surface area is 144 Å². The number of rotatable bonds is 5. The van der Waals surface area contributed by atoms with Crippen molar-refractivity contribution >= 4 is 34.2 Å². The minimum Gasteiger partial charge on any atom is -0.302 e. The molecule has 6 nitrogen and oxygen atoms in total. The molecule has 3 amide bonds. The van der Waals surface area contributed by atoms with E-state index >= 15 is 0 Å². The lowest BCUT2D eigenvalue weighted by Crippen LogP contribution is -2.32. The Hall–Kier alpha value is -2.02. The molecule has 0 aromatic carbocycles. The van der Waals surface area contributed by atoms with E-state index < -0.39 is 0 Å². The number of fused-ring (bicyclic) bond motifs is 1. The third kappa shape index (κ3) is 3.26. The van der Waals surface area contributed by atoms with Gasteiger partial charge in [-0.05, 0) is 33.1 Å². The summed E-state index contributed by atoms with van der Waals surface area (Å²) in [4.78, 5) is 43.3. The Morgan fingerprint density at radius 2 is 1.88 bits per heavy atom. The highest BCUT2D eigenvalue weighted by Crippen LogP contribution is 2.35. The number of thiazole rings is 1. The van der Waals surface area contributed by atoms with Crippen molar-refractivity contribution in [3.63, 3.8) is 0 Å². The number of anilines is 1. The van der Waals surface area contributed by atoms with Gasteiger partial charge in [0, 0.05) is 17.8 Å². The molecular weight excluding hydrogens is 326 g/mol. The van der Waals surface area contributed by atoms with E-state index in [1.54, 1.807) is 0 Å². The van der Waals surface area contributed by atoms with Gasteiger partial charge in [-0.15, -0.1) is 11.3 Å². The third-order valence-corrected chi connectivity index (χ3v) is 5.65. The van der Waals surface area contributed by atoms with Crippen LogP contribution in [-0.4, -0.2) is 34.2 Å². The quantitative estimate of drug-likeness (QED) is 0.655. The zero-order chi connectivity index (χ0) is 17.3. The van der Waals surface area contributed by atoms with E-state index in [4.69, 9.17) is 0 Å². The molecule has 2 atom stereocenters. The molecule has 0 bridgehead atoms. The number of likely N-dealkylation sites (tertiary alicyclic amines) is 1. The van der Waals surface area contributed by atoms with E-state index in [-0.39, 0.29) is 36.0 Å². The number of hydrogen-bond donors (Lipinski definition) is 1. The van der Waals surface area contributed by atoms with Gasteiger partial charge >= 0.3 is 0 Å². The van der Waals surface area contributed by atoms with Crippen LogP contribution in [0.4, 0.5) is 5.13 Å². The van der Waals surface area contributed by atoms with Crippen LogP contribution >= 0.6 is 11.3 Å². The summed E-state index contributed by atoms with van der Waals surface area (Å²) >= 11 is 1.45. The van der Waals surface area contributed by atoms with Gasteiger partial charge in [-0.3, -0.25) is 19.3 Å². The van der Waals surface area contributed by atoms with Crippen molar-refractivity contribution in [3.8, 4) is 0 Å². The van der Waals surface area contributed by atoms with E-state index in [0.717, 1.165) is 10.6 Å². The maximum Gasteiger partial charge on any atom is 0.233 e. The molecule has 0 spiro atoms. The molecule has 0 saturated carbocycles. The smallest absolute Gasteiger partial charge is 0.233 e. The number of allylic oxidation sites excluding steroid dienone is 2. The van der Waals surface area contributed by atoms with Crippen LogP contribution in [0.1, 0.15) is 36.3 Å². The van der Waals surface area contributed by atoms with Crippen molar-refractivity contribution in [2.75, 3.05) is 11.9 Å². The first-order chi connectivity index (χ1) is 11.5. The van der Waals surface area contributed by atoms with Crippen LogP contribution in [0.3, 0.4) is 0 Å². The lowest BCUT2D eigenvalue weighted by molar-refractivity contribution is -0.140. The van der Waals surface area contributed by atoms with Crippen LogP contribution in [0.5, 0.6) is 0 Å². The molecule has 128 valence electrons. The number of nitrogens with zero attached hydrogens (tertiary/aromatic N) is 2. The molecule has 1 aromatic heterocycles. The Morgan fingerprint density at radius 1 is 1.25 bits per heavy atom. The van der Waals surface area contributed by atoms with E-state index in [2.05, 4.69) is 10.3 Å². The molecule has 1 aliphatic carbocycles. The zero-order valence-electron chi connectivity index (χ0n) is 13.9. The van der Waals surface area contributed by atoms with Gasteiger partial charge in [0.05, 0.1) is 17.5 Å². The number of aryl methyl sites for hydroxylation is 2. The van der Waals surface area contributed by atoms with Crippen LogP contribution in [0, 0.1) is 25.7 Å². The number of imide groups is 1. The summed E-state index contributed by atoms with van der Waals surface area (Å²) in [6.07, 6.45) is 5.98. The Bertz CT molecular complexity index is 664. The number of carbonyl (C=O) groups excluding carboxylic acids is 3. The van der Waals surface area contributed by atoms with Gasteiger partial charge in [0.15, 0.2) is 5.13 Å². The molecule has 2 heterocycles. The minimum atomic E-state index is -0.197. The van der Waals surface area contributed by atoms with Gasteiger partial charge in [0.1, 0.15) is 0 Å². The maximum atomic E-state index is 12.3. The summed E-state index contributed by atoms with van der Waals surface area (Å²) in [5.74, 6) is -0.695. The van der Waals surface area contributed by atoms with E-state index in [1.165, 1.54) is 16.2 Å². The SMILES string of the molecule is Cc1nc(NC(=O)CCCN2C(=O)C3CC=CCC3C2=O)sc1C. The van der Waals surface area contributed by atoms with Crippen LogP contribution in [-0.2, 0) is 14.4 Å². The molecular formula is C17H21N3O3S. The Morgan fingerprint density at radius 3 is 2.42 bits per heavy atom. The fourth-order valence-electron chi connectivity index (χ4n) is 3.20. The summed E-state index contributed by atoms with van der Waals surface area (Å²) < 4.78 is 0. The number of carbonyl (C=O) groups is 3. The van der Waals surface area contributed by atoms with Crippen molar-refractivity contribution in [1.29, 1.82) is 0 Å². The number of amides is 3. The molecule has 1 saturated heterocycles. The molecule has 1 aliphatic heterocycles. The molecule has 1 fully saturated rings. The molecule has 2 aliphatic rings. The summed E-state index contributed by atoms with van der Waals surface area (Å²) in [6.45, 7) is 4.18. The largest absolute Gasteiger partial charge is 0.302 e. The topological polar surface area (TPSA) is 79.4 Å². The number of aromatic nitrogens is 1. The van der Waals surface area contributed by atoms with Gasteiger partial charge in [0.2, 0.25) is 17.7 Å². The summed E-state index contributed by atoms with van der Waals surface area (Å²) in [6, 6.07) is 0. The molecule has 1 N–H and O–H groups in total. The maximum absolute atomic E-state index is 12.3. The number of hydrogen-bond acceptors (Lipinski definition) is 5. The first kappa shape index (κ1) is 16.8. The highest BCUT2D eigenvalue weighted by atomic mass is 32.1. The standard InChI is InChI=1S/C17H21N3O3S/c1-10-11(2)24-17(18-10)19-14(21)8-5-9-20-15(22)12-6-3-4-7-13(12)16(20)23/h3-4,12-13H,5-9H2,1-2H3,(H,18,19,21). The zero-order valence-corrected chi connectivity index (χ0v) is 14.7. The molecule has 3 rings (SSSR count). The van der Waals surface area contributed by atoms with Crippen molar-refractivity contribution in [2.45, 2.75) is 39.5 Å². The predicted octanol–water partition coefficient (Wildman–Crippen LogP) is 2.43. The van der Waals surface area contributed by atoms with Gasteiger partial charge in [-0.2, -0.15) is 0 Å². The predicted molar refractivity (Wildman–Crippen MR) is 91.5 cm³/mol. The molecule has 2 unspecified atom stereocenters. The molecule has 24 heavy (non-hydrogen) atoms. The van der Waals surface area contributed by atoms with E-state index in [9.17, 15) is 14.4 Å². The normalized spacial score (nSPS) is 22.8. The van der Waals surface area contributed by atoms with Gasteiger partial charge in [0.25, 0.3) is 0 Å². The van der Waals surface area contributed by atoms with Crippen molar-refractivity contribution in [3.05, 3.63) is 22.7 Å². The molecule has 0 radical (unpaired) electrons. The number of nitrogens with one attached hydrogen (secondary N) is 1. The van der Waals surface area contributed by atoms with Crippen LogP contribution in [0.2, 0.25) is 0 Å². The molecule has 1 aromatic rings. The first-order valence-electron chi connectivity index (χ1n) is 8.21. The Kier molecular flexibility index (Phi) is 4.80. The summed E-state index contributed by atoms with van der Waals surface area (Å²) in [5.41, 5.74) is 0.916. The Balaban J connectivity index is 1.48. The third-order valence-electron chi connectivity index (χ3n) is 4.66. The fourth-order valence-corrected chi connectivity index (χ4v) is 4.03. The lowest BCUT2D eigenvalue weighted by Gasteiger charge is -2.14. The second kappa shape index (κ2) is 6.84. The fraction of sp³-hybridized carbons (Fsp3) is 0.529. The highest BCUT2D eigenvalue weighted by molar-refractivity contribution is 7.15. The van der Waals surface area contributed by atoms with Gasteiger partial charge in [-0.1, -0.05) is 12.2 Å². The summed E-state index contributed by atoms with van der Waals surface area (Å²) in [5, 5.41) is 3.37. The minimum absolute atomic E-state index is 0.0825. The van der Waals surface area contributed by atoms with E-state index in [0.29, 0.717) is 30.9 Å². The van der Waals surface area contributed by atoms with Gasteiger partial charge < -0.3 is 5.32 Å². The lowest BCUT2D eigenvalue weighted by atomic mass is 9.85. The first-order valence-corrected chi connectivity index (χ1v) is 9.03. The van der Waals surface area contributed by atoms with Crippen LogP contribution < -0.4 is 5.32 Å². The van der Waals surface area contributed by atoms with Gasteiger partial charge in [-0.25, -0.2) is 4.98 Å². The van der Waals surface area contributed by atoms with E-state index in [1.807, 2.05) is 26.0 Å². The van der Waals surface area contributed by atoms with Crippen molar-refractivity contribution < 1.29 is 14.4 Å². The molecule has 7 heteroatoms.